The summed E-state index contributed by atoms with van der Waals surface area (Å²) in [5, 5.41) is 12.6. The number of amides is 1. The molecule has 5 nitrogen and oxygen atoms in total. The summed E-state index contributed by atoms with van der Waals surface area (Å²) >= 11 is 1.43. The van der Waals surface area contributed by atoms with Gasteiger partial charge < -0.3 is 10.4 Å². The number of carbonyl (C=O) groups excluding carboxylic acids is 1. The average molecular weight is 270 g/mol. The number of aliphatic carboxylic acids is 1. The maximum atomic E-state index is 12.0. The predicted molar refractivity (Wildman–Crippen MR) is 70.0 cm³/mol. The zero-order chi connectivity index (χ0) is 13.9. The lowest BCUT2D eigenvalue weighted by atomic mass is 9.96. The van der Waals surface area contributed by atoms with Crippen LogP contribution in [0.1, 0.15) is 47.1 Å². The number of nitrogens with zero attached hydrogens (tertiary/aromatic N) is 1. The first-order chi connectivity index (χ1) is 8.30. The molecule has 1 aromatic rings. The third-order valence-electron chi connectivity index (χ3n) is 2.73. The van der Waals surface area contributed by atoms with Gasteiger partial charge in [0.1, 0.15) is 11.2 Å². The van der Waals surface area contributed by atoms with Gasteiger partial charge in [-0.3, -0.25) is 4.79 Å². The second-order valence-electron chi connectivity index (χ2n) is 4.48. The van der Waals surface area contributed by atoms with Gasteiger partial charge in [-0.15, -0.1) is 11.3 Å². The first kappa shape index (κ1) is 14.6. The number of aromatic nitrogens is 1. The first-order valence-corrected chi connectivity index (χ1v) is 6.61. The highest BCUT2D eigenvalue weighted by molar-refractivity contribution is 7.11. The molecule has 1 unspecified atom stereocenters. The SMILES string of the molecule is CCCC(C)(NC(=O)c1nc(C)sc1C)C(=O)O. The smallest absolute Gasteiger partial charge is 0.329 e. The van der Waals surface area contributed by atoms with Crippen LogP contribution < -0.4 is 5.32 Å². The fraction of sp³-hybridized carbons (Fsp3) is 0.583. The van der Waals surface area contributed by atoms with Crippen LogP contribution in [0.2, 0.25) is 0 Å². The summed E-state index contributed by atoms with van der Waals surface area (Å²) in [5.41, 5.74) is -0.920. The van der Waals surface area contributed by atoms with Crippen LogP contribution in [0.25, 0.3) is 0 Å². The van der Waals surface area contributed by atoms with Gasteiger partial charge in [0.25, 0.3) is 5.91 Å². The van der Waals surface area contributed by atoms with Crippen LogP contribution in [0.3, 0.4) is 0 Å². The molecule has 0 spiro atoms. The van der Waals surface area contributed by atoms with Gasteiger partial charge in [0.2, 0.25) is 0 Å². The normalized spacial score (nSPS) is 14.0. The lowest BCUT2D eigenvalue weighted by molar-refractivity contribution is -0.144. The molecule has 0 saturated heterocycles. The second kappa shape index (κ2) is 5.48. The molecule has 100 valence electrons. The van der Waals surface area contributed by atoms with Crippen molar-refractivity contribution >= 4 is 23.2 Å². The number of hydrogen-bond acceptors (Lipinski definition) is 4. The standard InChI is InChI=1S/C12H18N2O3S/c1-5-6-12(4,11(16)17)14-10(15)9-7(2)18-8(3)13-9/h5-6H2,1-4H3,(H,14,15)(H,16,17). The van der Waals surface area contributed by atoms with E-state index in [0.717, 1.165) is 9.88 Å². The summed E-state index contributed by atoms with van der Waals surface area (Å²) in [6.07, 6.45) is 1.06. The topological polar surface area (TPSA) is 79.3 Å². The van der Waals surface area contributed by atoms with Crippen LogP contribution in [-0.4, -0.2) is 27.5 Å². The van der Waals surface area contributed by atoms with Crippen molar-refractivity contribution in [3.05, 3.63) is 15.6 Å². The predicted octanol–water partition coefficient (Wildman–Crippen LogP) is 2.13. The minimum absolute atomic E-state index is 0.320. The van der Waals surface area contributed by atoms with Crippen molar-refractivity contribution in [1.82, 2.24) is 10.3 Å². The highest BCUT2D eigenvalue weighted by atomic mass is 32.1. The number of hydrogen-bond donors (Lipinski definition) is 2. The molecule has 0 aliphatic heterocycles. The van der Waals surface area contributed by atoms with Crippen LogP contribution in [0, 0.1) is 13.8 Å². The van der Waals surface area contributed by atoms with Gasteiger partial charge in [-0.25, -0.2) is 9.78 Å². The monoisotopic (exact) mass is 270 g/mol. The quantitative estimate of drug-likeness (QED) is 0.859. The van der Waals surface area contributed by atoms with E-state index in [4.69, 9.17) is 0 Å². The number of thiazole rings is 1. The molecule has 0 radical (unpaired) electrons. The van der Waals surface area contributed by atoms with Crippen molar-refractivity contribution in [2.45, 2.75) is 46.1 Å². The number of carboxylic acid groups (broad SMARTS) is 1. The maximum Gasteiger partial charge on any atom is 0.329 e. The Balaban J connectivity index is 2.92. The van der Waals surface area contributed by atoms with Gasteiger partial charge in [0.15, 0.2) is 0 Å². The van der Waals surface area contributed by atoms with E-state index in [1.165, 1.54) is 18.3 Å². The first-order valence-electron chi connectivity index (χ1n) is 5.80. The van der Waals surface area contributed by atoms with Crippen LogP contribution in [0.5, 0.6) is 0 Å². The summed E-state index contributed by atoms with van der Waals surface area (Å²) in [4.78, 5) is 28.2. The second-order valence-corrected chi connectivity index (χ2v) is 5.89. The zero-order valence-corrected chi connectivity index (χ0v) is 11.8. The lowest BCUT2D eigenvalue weighted by Crippen LogP contribution is -2.52. The summed E-state index contributed by atoms with van der Waals surface area (Å²) in [7, 11) is 0. The number of nitrogens with one attached hydrogen (secondary N) is 1. The fourth-order valence-corrected chi connectivity index (χ4v) is 2.59. The van der Waals surface area contributed by atoms with Crippen molar-refractivity contribution < 1.29 is 14.7 Å². The minimum Gasteiger partial charge on any atom is -0.480 e. The van der Waals surface area contributed by atoms with Crippen LogP contribution in [0.15, 0.2) is 0 Å². The van der Waals surface area contributed by atoms with Gasteiger partial charge in [-0.05, 0) is 27.2 Å². The highest BCUT2D eigenvalue weighted by Crippen LogP contribution is 2.19. The summed E-state index contributed by atoms with van der Waals surface area (Å²) in [6, 6.07) is 0. The van der Waals surface area contributed by atoms with E-state index in [0.29, 0.717) is 18.5 Å². The van der Waals surface area contributed by atoms with Gasteiger partial charge in [-0.2, -0.15) is 0 Å². The molecule has 0 bridgehead atoms. The molecule has 0 aromatic carbocycles. The lowest BCUT2D eigenvalue weighted by Gasteiger charge is -2.25. The van der Waals surface area contributed by atoms with Crippen molar-refractivity contribution in [2.24, 2.45) is 0 Å². The zero-order valence-electron chi connectivity index (χ0n) is 11.0. The Morgan fingerprint density at radius 2 is 2.06 bits per heavy atom. The maximum absolute atomic E-state index is 12.0. The molecule has 1 heterocycles. The average Bonchev–Trinajstić information content (AvgIpc) is 2.57. The van der Waals surface area contributed by atoms with Crippen molar-refractivity contribution in [3.8, 4) is 0 Å². The Bertz CT molecular complexity index is 470. The summed E-state index contributed by atoms with van der Waals surface area (Å²) in [5.74, 6) is -1.45. The number of rotatable bonds is 5. The van der Waals surface area contributed by atoms with E-state index < -0.39 is 17.4 Å². The van der Waals surface area contributed by atoms with Gasteiger partial charge >= 0.3 is 5.97 Å². The van der Waals surface area contributed by atoms with E-state index in [2.05, 4.69) is 10.3 Å². The van der Waals surface area contributed by atoms with Crippen molar-refractivity contribution in [3.63, 3.8) is 0 Å². The molecule has 1 rings (SSSR count). The molecule has 2 N–H and O–H groups in total. The molecular weight excluding hydrogens is 252 g/mol. The van der Waals surface area contributed by atoms with Crippen molar-refractivity contribution in [2.75, 3.05) is 0 Å². The van der Waals surface area contributed by atoms with E-state index in [-0.39, 0.29) is 0 Å². The molecule has 0 aliphatic rings. The molecule has 1 aromatic heterocycles. The molecule has 0 aliphatic carbocycles. The van der Waals surface area contributed by atoms with Crippen LogP contribution in [-0.2, 0) is 4.79 Å². The Kier molecular flexibility index (Phi) is 4.45. The van der Waals surface area contributed by atoms with E-state index >= 15 is 0 Å². The summed E-state index contributed by atoms with van der Waals surface area (Å²) in [6.45, 7) is 7.02. The number of carboxylic acids is 1. The van der Waals surface area contributed by atoms with Crippen LogP contribution >= 0.6 is 11.3 Å². The Hall–Kier alpha value is -1.43. The minimum atomic E-state index is -1.24. The Morgan fingerprint density at radius 3 is 2.44 bits per heavy atom. The molecule has 0 saturated carbocycles. The Labute approximate surface area is 110 Å². The van der Waals surface area contributed by atoms with E-state index in [9.17, 15) is 14.7 Å². The number of carbonyl (C=O) groups is 2. The Morgan fingerprint density at radius 1 is 1.44 bits per heavy atom. The number of aryl methyl sites for hydroxylation is 2. The molecule has 0 fully saturated rings. The van der Waals surface area contributed by atoms with E-state index in [1.807, 2.05) is 13.8 Å². The highest BCUT2D eigenvalue weighted by Gasteiger charge is 2.34. The summed E-state index contributed by atoms with van der Waals surface area (Å²) < 4.78 is 0. The molecule has 6 heteroatoms. The molecule has 18 heavy (non-hydrogen) atoms. The molecule has 1 atom stereocenters. The third-order valence-corrected chi connectivity index (χ3v) is 3.62. The van der Waals surface area contributed by atoms with Gasteiger partial charge in [-0.1, -0.05) is 13.3 Å². The van der Waals surface area contributed by atoms with E-state index in [1.54, 1.807) is 6.92 Å². The molecule has 1 amide bonds. The third kappa shape index (κ3) is 3.07. The fourth-order valence-electron chi connectivity index (χ4n) is 1.77. The van der Waals surface area contributed by atoms with Gasteiger partial charge in [0, 0.05) is 4.88 Å². The van der Waals surface area contributed by atoms with Crippen molar-refractivity contribution in [1.29, 1.82) is 0 Å². The van der Waals surface area contributed by atoms with Gasteiger partial charge in [0.05, 0.1) is 5.01 Å². The molecular formula is C12H18N2O3S. The van der Waals surface area contributed by atoms with Crippen LogP contribution in [0.4, 0.5) is 0 Å². The largest absolute Gasteiger partial charge is 0.480 e.